The Hall–Kier alpha value is -0.380. The standard InChI is InChI=1S/C27H56NO2/c1-3-4-5-6-7-8-9-10-11-12-13-14-15-16-17-18-19-20-21-22-23-28(2,24-26-29)25-27-30/h10-11,29-30H,3-9,12-27H2,1-2H3/q+1. The number of aliphatic hydroxyl groups excluding tert-OH is 2. The van der Waals surface area contributed by atoms with Crippen LogP contribution in [0.4, 0.5) is 0 Å². The first-order chi connectivity index (χ1) is 14.7. The molecule has 0 heterocycles. The molecular weight excluding hydrogens is 370 g/mol. The first-order valence-corrected chi connectivity index (χ1v) is 13.4. The van der Waals surface area contributed by atoms with E-state index in [1.807, 2.05) is 0 Å². The van der Waals surface area contributed by atoms with Crippen LogP contribution in [0.15, 0.2) is 12.2 Å². The monoisotopic (exact) mass is 426 g/mol. The minimum absolute atomic E-state index is 0.214. The zero-order chi connectivity index (χ0) is 22.2. The van der Waals surface area contributed by atoms with E-state index in [0.29, 0.717) is 0 Å². The van der Waals surface area contributed by atoms with Crippen LogP contribution in [-0.2, 0) is 0 Å². The highest BCUT2D eigenvalue weighted by molar-refractivity contribution is 4.81. The minimum atomic E-state index is 0.214. The molecule has 0 unspecified atom stereocenters. The molecule has 0 aliphatic heterocycles. The van der Waals surface area contributed by atoms with Crippen molar-refractivity contribution in [1.82, 2.24) is 0 Å². The molecule has 2 N–H and O–H groups in total. The molecule has 0 aromatic rings. The van der Waals surface area contributed by atoms with Crippen molar-refractivity contribution in [2.75, 3.05) is 39.9 Å². The molecule has 0 radical (unpaired) electrons. The van der Waals surface area contributed by atoms with E-state index in [1.165, 1.54) is 116 Å². The van der Waals surface area contributed by atoms with Crippen molar-refractivity contribution in [3.8, 4) is 0 Å². The molecule has 3 nitrogen and oxygen atoms in total. The van der Waals surface area contributed by atoms with E-state index in [0.717, 1.165) is 24.1 Å². The third-order valence-electron chi connectivity index (χ3n) is 6.49. The second kappa shape index (κ2) is 23.3. The Kier molecular flexibility index (Phi) is 23.0. The smallest absolute Gasteiger partial charge is 0.102 e. The fourth-order valence-corrected chi connectivity index (χ4v) is 4.27. The van der Waals surface area contributed by atoms with Gasteiger partial charge in [-0.05, 0) is 38.5 Å². The van der Waals surface area contributed by atoms with Gasteiger partial charge in [-0.15, -0.1) is 0 Å². The van der Waals surface area contributed by atoms with Gasteiger partial charge in [-0.1, -0.05) is 96.1 Å². The Morgan fingerprint density at radius 3 is 1.27 bits per heavy atom. The number of nitrogens with zero attached hydrogens (tertiary/aromatic N) is 1. The number of likely N-dealkylation sites (N-methyl/N-ethyl adjacent to an activating group) is 1. The summed E-state index contributed by atoms with van der Waals surface area (Å²) in [5, 5.41) is 18.4. The van der Waals surface area contributed by atoms with Crippen molar-refractivity contribution in [1.29, 1.82) is 0 Å². The second-order valence-corrected chi connectivity index (χ2v) is 9.59. The number of unbranched alkanes of at least 4 members (excludes halogenated alkanes) is 16. The van der Waals surface area contributed by atoms with Gasteiger partial charge in [-0.2, -0.15) is 0 Å². The van der Waals surface area contributed by atoms with Crippen LogP contribution in [0.1, 0.15) is 122 Å². The molecule has 0 fully saturated rings. The summed E-state index contributed by atoms with van der Waals surface area (Å²) < 4.78 is 0.807. The van der Waals surface area contributed by atoms with Gasteiger partial charge in [0.15, 0.2) is 0 Å². The average molecular weight is 427 g/mol. The van der Waals surface area contributed by atoms with Crippen LogP contribution in [0.25, 0.3) is 0 Å². The van der Waals surface area contributed by atoms with Gasteiger partial charge in [0.1, 0.15) is 13.1 Å². The lowest BCUT2D eigenvalue weighted by Gasteiger charge is -2.33. The van der Waals surface area contributed by atoms with Crippen LogP contribution >= 0.6 is 0 Å². The molecule has 0 bridgehead atoms. The van der Waals surface area contributed by atoms with Gasteiger partial charge >= 0.3 is 0 Å². The summed E-state index contributed by atoms with van der Waals surface area (Å²) in [5.74, 6) is 0. The molecule has 0 aliphatic carbocycles. The van der Waals surface area contributed by atoms with Crippen molar-refractivity contribution in [3.05, 3.63) is 12.2 Å². The van der Waals surface area contributed by atoms with E-state index in [4.69, 9.17) is 0 Å². The van der Waals surface area contributed by atoms with Gasteiger partial charge in [0.05, 0.1) is 26.8 Å². The Labute approximate surface area is 189 Å². The molecule has 0 saturated carbocycles. The van der Waals surface area contributed by atoms with Gasteiger partial charge in [-0.3, -0.25) is 0 Å². The quantitative estimate of drug-likeness (QED) is 0.0989. The lowest BCUT2D eigenvalue weighted by Crippen LogP contribution is -2.48. The number of aliphatic hydroxyl groups is 2. The maximum atomic E-state index is 9.19. The van der Waals surface area contributed by atoms with E-state index in [1.54, 1.807) is 0 Å². The first kappa shape index (κ1) is 29.6. The van der Waals surface area contributed by atoms with E-state index < -0.39 is 0 Å². The van der Waals surface area contributed by atoms with Crippen molar-refractivity contribution in [2.45, 2.75) is 122 Å². The Bertz CT molecular complexity index is 351. The molecule has 0 spiro atoms. The Morgan fingerprint density at radius 2 is 0.867 bits per heavy atom. The van der Waals surface area contributed by atoms with Crippen LogP contribution in [0.3, 0.4) is 0 Å². The minimum Gasteiger partial charge on any atom is -0.391 e. The summed E-state index contributed by atoms with van der Waals surface area (Å²) in [6, 6.07) is 0. The summed E-state index contributed by atoms with van der Waals surface area (Å²) in [4.78, 5) is 0. The van der Waals surface area contributed by atoms with Crippen LogP contribution < -0.4 is 0 Å². The van der Waals surface area contributed by atoms with Crippen molar-refractivity contribution < 1.29 is 14.7 Å². The second-order valence-electron chi connectivity index (χ2n) is 9.59. The maximum Gasteiger partial charge on any atom is 0.102 e. The van der Waals surface area contributed by atoms with Crippen molar-refractivity contribution >= 4 is 0 Å². The molecule has 0 aromatic carbocycles. The third-order valence-corrected chi connectivity index (χ3v) is 6.49. The van der Waals surface area contributed by atoms with Crippen LogP contribution in [0, 0.1) is 0 Å². The van der Waals surface area contributed by atoms with Crippen LogP contribution in [-0.4, -0.2) is 54.6 Å². The summed E-state index contributed by atoms with van der Waals surface area (Å²) in [7, 11) is 2.15. The summed E-state index contributed by atoms with van der Waals surface area (Å²) in [5.41, 5.74) is 0. The predicted octanol–water partition coefficient (Wildman–Crippen LogP) is 7.02. The molecule has 0 saturated heterocycles. The average Bonchev–Trinajstić information content (AvgIpc) is 2.72. The Morgan fingerprint density at radius 1 is 0.500 bits per heavy atom. The molecule has 0 atom stereocenters. The topological polar surface area (TPSA) is 40.5 Å². The molecular formula is C27H56NO2+. The predicted molar refractivity (Wildman–Crippen MR) is 133 cm³/mol. The van der Waals surface area contributed by atoms with Gasteiger partial charge in [0.25, 0.3) is 0 Å². The SMILES string of the molecule is CCCCCCCCC=CCCCCCCCCCCCC[N+](C)(CCO)CCO. The first-order valence-electron chi connectivity index (χ1n) is 13.4. The Balaban J connectivity index is 3.28. The number of rotatable bonds is 24. The largest absolute Gasteiger partial charge is 0.391 e. The van der Waals surface area contributed by atoms with E-state index >= 15 is 0 Å². The molecule has 0 aliphatic rings. The van der Waals surface area contributed by atoms with Crippen molar-refractivity contribution in [3.63, 3.8) is 0 Å². The van der Waals surface area contributed by atoms with E-state index in [-0.39, 0.29) is 13.2 Å². The molecule has 0 aromatic heterocycles. The van der Waals surface area contributed by atoms with Gasteiger partial charge in [0, 0.05) is 0 Å². The fraction of sp³-hybridized carbons (Fsp3) is 0.926. The third kappa shape index (κ3) is 20.9. The number of quaternary nitrogens is 1. The van der Waals surface area contributed by atoms with Crippen molar-refractivity contribution in [2.24, 2.45) is 0 Å². The normalized spacial score (nSPS) is 12.3. The lowest BCUT2D eigenvalue weighted by molar-refractivity contribution is -0.910. The molecule has 30 heavy (non-hydrogen) atoms. The highest BCUT2D eigenvalue weighted by atomic mass is 16.3. The van der Waals surface area contributed by atoms with Gasteiger partial charge in [-0.25, -0.2) is 0 Å². The van der Waals surface area contributed by atoms with E-state index in [9.17, 15) is 10.2 Å². The number of allylic oxidation sites excluding steroid dienone is 2. The van der Waals surface area contributed by atoms with Gasteiger partial charge < -0.3 is 14.7 Å². The summed E-state index contributed by atoms with van der Waals surface area (Å²) >= 11 is 0. The summed E-state index contributed by atoms with van der Waals surface area (Å²) in [6.45, 7) is 5.31. The number of hydrogen-bond acceptors (Lipinski definition) is 2. The zero-order valence-electron chi connectivity index (χ0n) is 20.8. The molecule has 3 heteroatoms. The molecule has 0 amide bonds. The number of hydrogen-bond donors (Lipinski definition) is 2. The van der Waals surface area contributed by atoms with E-state index in [2.05, 4.69) is 26.1 Å². The highest BCUT2D eigenvalue weighted by Gasteiger charge is 2.19. The zero-order valence-corrected chi connectivity index (χ0v) is 20.8. The molecule has 180 valence electrons. The van der Waals surface area contributed by atoms with Gasteiger partial charge in [0.2, 0.25) is 0 Å². The fourth-order valence-electron chi connectivity index (χ4n) is 4.27. The summed E-state index contributed by atoms with van der Waals surface area (Å²) in [6.07, 6.45) is 29.3. The molecule has 0 rings (SSSR count). The van der Waals surface area contributed by atoms with Crippen LogP contribution in [0.5, 0.6) is 0 Å². The van der Waals surface area contributed by atoms with Crippen LogP contribution in [0.2, 0.25) is 0 Å². The maximum absolute atomic E-state index is 9.19. The highest BCUT2D eigenvalue weighted by Crippen LogP contribution is 2.13. The lowest BCUT2D eigenvalue weighted by atomic mass is 10.1.